The van der Waals surface area contributed by atoms with Crippen LogP contribution in [0.3, 0.4) is 0 Å². The number of nitrogens with zero attached hydrogens (tertiary/aromatic N) is 2. The molecule has 3 rings (SSSR count). The number of hydrogen-bond donors (Lipinski definition) is 1. The van der Waals surface area contributed by atoms with Gasteiger partial charge in [0.05, 0.1) is 7.11 Å². The lowest BCUT2D eigenvalue weighted by molar-refractivity contribution is 0.0953. The molecule has 0 atom stereocenters. The third-order valence-corrected chi connectivity index (χ3v) is 3.74. The van der Waals surface area contributed by atoms with Crippen molar-refractivity contribution in [2.45, 2.75) is 13.0 Å². The normalized spacial score (nSPS) is 10.7. The average Bonchev–Trinajstić information content (AvgIpc) is 3.02. The summed E-state index contributed by atoms with van der Waals surface area (Å²) >= 11 is 0. The number of ether oxygens (including phenoxy) is 1. The van der Waals surface area contributed by atoms with Crippen LogP contribution in [-0.2, 0) is 6.54 Å². The molecule has 5 heteroatoms. The summed E-state index contributed by atoms with van der Waals surface area (Å²) in [5.41, 5.74) is 1.62. The molecule has 3 aromatic rings. The van der Waals surface area contributed by atoms with Gasteiger partial charge in [-0.05, 0) is 48.9 Å². The molecular formula is C18H19N3O2. The van der Waals surface area contributed by atoms with E-state index in [1.54, 1.807) is 37.6 Å². The Bertz CT molecular complexity index is 793. The van der Waals surface area contributed by atoms with E-state index in [9.17, 15) is 4.79 Å². The second kappa shape index (κ2) is 6.96. The lowest BCUT2D eigenvalue weighted by Gasteiger charge is -2.07. The van der Waals surface area contributed by atoms with E-state index in [1.165, 1.54) is 0 Å². The summed E-state index contributed by atoms with van der Waals surface area (Å²) in [6.45, 7) is 1.45. The maximum atomic E-state index is 12.0. The molecule has 2 heterocycles. The largest absolute Gasteiger partial charge is 0.497 e. The maximum absolute atomic E-state index is 12.0. The SMILES string of the molecule is COc1ccc(C(=O)NCCCn2ccc3cccnc32)cc1. The van der Waals surface area contributed by atoms with E-state index in [1.807, 2.05) is 18.3 Å². The summed E-state index contributed by atoms with van der Waals surface area (Å²) in [5.74, 6) is 0.677. The smallest absolute Gasteiger partial charge is 0.251 e. The number of aryl methyl sites for hydroxylation is 1. The minimum atomic E-state index is -0.0665. The molecule has 0 unspecified atom stereocenters. The van der Waals surface area contributed by atoms with Crippen LogP contribution in [-0.4, -0.2) is 29.1 Å². The monoisotopic (exact) mass is 309 g/mol. The fraction of sp³-hybridized carbons (Fsp3) is 0.222. The van der Waals surface area contributed by atoms with E-state index in [-0.39, 0.29) is 5.91 Å². The lowest BCUT2D eigenvalue weighted by atomic mass is 10.2. The number of fused-ring (bicyclic) bond motifs is 1. The van der Waals surface area contributed by atoms with Crippen LogP contribution in [0.1, 0.15) is 16.8 Å². The van der Waals surface area contributed by atoms with Crippen molar-refractivity contribution in [1.29, 1.82) is 0 Å². The third kappa shape index (κ3) is 3.51. The highest BCUT2D eigenvalue weighted by Crippen LogP contribution is 2.13. The van der Waals surface area contributed by atoms with Crippen LogP contribution in [0.5, 0.6) is 5.75 Å². The number of carbonyl (C=O) groups excluding carboxylic acids is 1. The summed E-state index contributed by atoms with van der Waals surface area (Å²) < 4.78 is 7.19. The Labute approximate surface area is 134 Å². The molecule has 5 nitrogen and oxygen atoms in total. The summed E-state index contributed by atoms with van der Waals surface area (Å²) in [5, 5.41) is 4.07. The van der Waals surface area contributed by atoms with Crippen molar-refractivity contribution in [2.75, 3.05) is 13.7 Å². The molecule has 118 valence electrons. The van der Waals surface area contributed by atoms with Crippen molar-refractivity contribution >= 4 is 16.9 Å². The molecule has 0 aliphatic heterocycles. The van der Waals surface area contributed by atoms with Crippen LogP contribution >= 0.6 is 0 Å². The molecule has 0 radical (unpaired) electrons. The van der Waals surface area contributed by atoms with Crippen LogP contribution in [0.4, 0.5) is 0 Å². The van der Waals surface area contributed by atoms with Gasteiger partial charge in [0.25, 0.3) is 5.91 Å². The predicted molar refractivity (Wildman–Crippen MR) is 89.7 cm³/mol. The van der Waals surface area contributed by atoms with Gasteiger partial charge in [-0.3, -0.25) is 4.79 Å². The first-order chi connectivity index (χ1) is 11.3. The Kier molecular flexibility index (Phi) is 4.57. The quantitative estimate of drug-likeness (QED) is 0.712. The van der Waals surface area contributed by atoms with Gasteiger partial charge in [0.1, 0.15) is 11.4 Å². The van der Waals surface area contributed by atoms with E-state index in [2.05, 4.69) is 20.9 Å². The Balaban J connectivity index is 1.50. The number of amides is 1. The van der Waals surface area contributed by atoms with E-state index < -0.39 is 0 Å². The fourth-order valence-corrected chi connectivity index (χ4v) is 2.50. The van der Waals surface area contributed by atoms with Crippen LogP contribution in [0.15, 0.2) is 54.9 Å². The van der Waals surface area contributed by atoms with Gasteiger partial charge < -0.3 is 14.6 Å². The van der Waals surface area contributed by atoms with Gasteiger partial charge in [-0.25, -0.2) is 4.98 Å². The lowest BCUT2D eigenvalue weighted by Crippen LogP contribution is -2.25. The molecule has 0 spiro atoms. The Hall–Kier alpha value is -2.82. The highest BCUT2D eigenvalue weighted by molar-refractivity contribution is 5.94. The fourth-order valence-electron chi connectivity index (χ4n) is 2.50. The second-order valence-electron chi connectivity index (χ2n) is 5.26. The van der Waals surface area contributed by atoms with E-state index in [4.69, 9.17) is 4.74 Å². The van der Waals surface area contributed by atoms with Crippen molar-refractivity contribution in [3.8, 4) is 5.75 Å². The van der Waals surface area contributed by atoms with Crippen LogP contribution in [0.2, 0.25) is 0 Å². The molecule has 0 aliphatic rings. The standard InChI is InChI=1S/C18H19N3O2/c1-23-16-7-5-15(6-8-16)18(22)20-11-3-12-21-13-9-14-4-2-10-19-17(14)21/h2,4-10,13H,3,11-12H2,1H3,(H,20,22). The molecular weight excluding hydrogens is 290 g/mol. The van der Waals surface area contributed by atoms with Gasteiger partial charge in [0.2, 0.25) is 0 Å². The van der Waals surface area contributed by atoms with E-state index >= 15 is 0 Å². The number of benzene rings is 1. The minimum absolute atomic E-state index is 0.0665. The van der Waals surface area contributed by atoms with E-state index in [0.717, 1.165) is 29.7 Å². The Morgan fingerprint density at radius 1 is 1.22 bits per heavy atom. The first-order valence-corrected chi connectivity index (χ1v) is 7.60. The predicted octanol–water partition coefficient (Wildman–Crippen LogP) is 2.87. The molecule has 1 aromatic carbocycles. The van der Waals surface area contributed by atoms with Crippen molar-refractivity contribution in [2.24, 2.45) is 0 Å². The van der Waals surface area contributed by atoms with Crippen molar-refractivity contribution in [3.63, 3.8) is 0 Å². The minimum Gasteiger partial charge on any atom is -0.497 e. The molecule has 1 amide bonds. The molecule has 0 fully saturated rings. The van der Waals surface area contributed by atoms with Crippen LogP contribution in [0.25, 0.3) is 11.0 Å². The molecule has 0 bridgehead atoms. The number of aromatic nitrogens is 2. The van der Waals surface area contributed by atoms with Gasteiger partial charge in [-0.1, -0.05) is 0 Å². The molecule has 0 saturated heterocycles. The highest BCUT2D eigenvalue weighted by Gasteiger charge is 2.05. The number of nitrogens with one attached hydrogen (secondary N) is 1. The van der Waals surface area contributed by atoms with Gasteiger partial charge in [0, 0.05) is 36.4 Å². The zero-order valence-corrected chi connectivity index (χ0v) is 13.0. The molecule has 0 aliphatic carbocycles. The number of hydrogen-bond acceptors (Lipinski definition) is 3. The number of pyridine rings is 1. The van der Waals surface area contributed by atoms with Crippen molar-refractivity contribution in [1.82, 2.24) is 14.9 Å². The maximum Gasteiger partial charge on any atom is 0.251 e. The number of methoxy groups -OCH3 is 1. The molecule has 23 heavy (non-hydrogen) atoms. The van der Waals surface area contributed by atoms with E-state index in [0.29, 0.717) is 12.1 Å². The first kappa shape index (κ1) is 15.1. The van der Waals surface area contributed by atoms with Gasteiger partial charge in [-0.2, -0.15) is 0 Å². The van der Waals surface area contributed by atoms with Gasteiger partial charge >= 0.3 is 0 Å². The zero-order chi connectivity index (χ0) is 16.1. The van der Waals surface area contributed by atoms with Crippen molar-refractivity contribution in [3.05, 3.63) is 60.4 Å². The van der Waals surface area contributed by atoms with Gasteiger partial charge in [0.15, 0.2) is 0 Å². The summed E-state index contributed by atoms with van der Waals surface area (Å²) in [6, 6.07) is 13.1. The summed E-state index contributed by atoms with van der Waals surface area (Å²) in [7, 11) is 1.61. The number of carbonyl (C=O) groups is 1. The van der Waals surface area contributed by atoms with Crippen LogP contribution in [0, 0.1) is 0 Å². The number of rotatable bonds is 6. The highest BCUT2D eigenvalue weighted by atomic mass is 16.5. The Morgan fingerprint density at radius 2 is 2.04 bits per heavy atom. The van der Waals surface area contributed by atoms with Crippen LogP contribution < -0.4 is 10.1 Å². The third-order valence-electron chi connectivity index (χ3n) is 3.74. The average molecular weight is 309 g/mol. The Morgan fingerprint density at radius 3 is 2.83 bits per heavy atom. The first-order valence-electron chi connectivity index (χ1n) is 7.60. The molecule has 2 aromatic heterocycles. The van der Waals surface area contributed by atoms with Gasteiger partial charge in [-0.15, -0.1) is 0 Å². The second-order valence-corrected chi connectivity index (χ2v) is 5.26. The molecule has 1 N–H and O–H groups in total. The summed E-state index contributed by atoms with van der Waals surface area (Å²) in [6.07, 6.45) is 4.68. The van der Waals surface area contributed by atoms with Crippen molar-refractivity contribution < 1.29 is 9.53 Å². The summed E-state index contributed by atoms with van der Waals surface area (Å²) in [4.78, 5) is 16.4. The topological polar surface area (TPSA) is 56.1 Å². The zero-order valence-electron chi connectivity index (χ0n) is 13.0. The molecule has 0 saturated carbocycles.